The van der Waals surface area contributed by atoms with Crippen molar-refractivity contribution in [3.8, 4) is 0 Å². The lowest BCUT2D eigenvalue weighted by atomic mass is 10.1. The van der Waals surface area contributed by atoms with E-state index in [9.17, 15) is 4.79 Å². The Labute approximate surface area is 137 Å². The second kappa shape index (κ2) is 7.27. The van der Waals surface area contributed by atoms with Crippen LogP contribution in [0, 0.1) is 6.92 Å². The smallest absolute Gasteiger partial charge is 0.253 e. The summed E-state index contributed by atoms with van der Waals surface area (Å²) in [6.45, 7) is 4.69. The van der Waals surface area contributed by atoms with Crippen molar-refractivity contribution < 1.29 is 4.79 Å². The molecule has 120 valence electrons. The first kappa shape index (κ1) is 15.5. The third-order valence-corrected chi connectivity index (χ3v) is 4.28. The highest BCUT2D eigenvalue weighted by molar-refractivity contribution is 5.94. The molecule has 1 amide bonds. The first-order valence-corrected chi connectivity index (χ1v) is 8.26. The van der Waals surface area contributed by atoms with Gasteiger partial charge in [0.1, 0.15) is 0 Å². The van der Waals surface area contributed by atoms with Gasteiger partial charge in [-0.05, 0) is 37.8 Å². The number of aromatic nitrogens is 1. The van der Waals surface area contributed by atoms with E-state index in [1.165, 1.54) is 24.8 Å². The fourth-order valence-electron chi connectivity index (χ4n) is 2.87. The Balaban J connectivity index is 1.63. The van der Waals surface area contributed by atoms with Gasteiger partial charge in [0.15, 0.2) is 0 Å². The summed E-state index contributed by atoms with van der Waals surface area (Å²) in [5.74, 6) is -0.0723. The molecule has 0 bridgehead atoms. The number of carbonyl (C=O) groups is 1. The molecule has 0 spiro atoms. The molecule has 1 saturated heterocycles. The van der Waals surface area contributed by atoms with Gasteiger partial charge in [0.05, 0.1) is 17.4 Å². The molecular weight excluding hydrogens is 286 g/mol. The molecule has 1 aromatic heterocycles. The monoisotopic (exact) mass is 309 g/mol. The molecule has 1 fully saturated rings. The molecule has 1 N–H and O–H groups in total. The Morgan fingerprint density at radius 1 is 1.13 bits per heavy atom. The van der Waals surface area contributed by atoms with Crippen LogP contribution in [0.4, 0.5) is 5.69 Å². The van der Waals surface area contributed by atoms with E-state index in [0.717, 1.165) is 24.3 Å². The number of carbonyl (C=O) groups excluding carboxylic acids is 1. The number of aryl methyl sites for hydroxylation is 1. The normalized spacial score (nSPS) is 14.6. The Kier molecular flexibility index (Phi) is 4.91. The first-order chi connectivity index (χ1) is 11.2. The van der Waals surface area contributed by atoms with E-state index in [0.29, 0.717) is 12.1 Å². The van der Waals surface area contributed by atoms with Crippen molar-refractivity contribution in [2.75, 3.05) is 18.0 Å². The summed E-state index contributed by atoms with van der Waals surface area (Å²) in [5.41, 5.74) is 4.00. The fourth-order valence-corrected chi connectivity index (χ4v) is 2.87. The number of nitrogens with one attached hydrogen (secondary N) is 1. The summed E-state index contributed by atoms with van der Waals surface area (Å²) in [4.78, 5) is 18.9. The molecule has 1 aliphatic rings. The van der Waals surface area contributed by atoms with Crippen molar-refractivity contribution in [1.82, 2.24) is 10.3 Å². The molecule has 1 aromatic carbocycles. The van der Waals surface area contributed by atoms with Crippen molar-refractivity contribution in [3.63, 3.8) is 0 Å². The van der Waals surface area contributed by atoms with Gasteiger partial charge in [0.2, 0.25) is 0 Å². The molecule has 4 heteroatoms. The third-order valence-electron chi connectivity index (χ3n) is 4.28. The van der Waals surface area contributed by atoms with Crippen molar-refractivity contribution in [2.45, 2.75) is 32.7 Å². The second-order valence-electron chi connectivity index (χ2n) is 6.15. The van der Waals surface area contributed by atoms with E-state index < -0.39 is 0 Å². The van der Waals surface area contributed by atoms with E-state index in [1.54, 1.807) is 6.20 Å². The molecule has 0 unspecified atom stereocenters. The molecular formula is C19H23N3O. The second-order valence-corrected chi connectivity index (χ2v) is 6.15. The Bertz CT molecular complexity index is 661. The van der Waals surface area contributed by atoms with E-state index in [2.05, 4.69) is 34.3 Å². The zero-order valence-electron chi connectivity index (χ0n) is 13.6. The van der Waals surface area contributed by atoms with E-state index in [-0.39, 0.29) is 5.91 Å². The maximum Gasteiger partial charge on any atom is 0.253 e. The van der Waals surface area contributed by atoms with Crippen LogP contribution in [0.3, 0.4) is 0 Å². The standard InChI is InChI=1S/C19H23N3O/c1-15-5-7-16(8-6-15)12-21-19(23)17-11-18(14-20-13-17)22-9-3-2-4-10-22/h5-8,11,13-14H,2-4,9-10,12H2,1H3,(H,21,23). The zero-order valence-corrected chi connectivity index (χ0v) is 13.6. The summed E-state index contributed by atoms with van der Waals surface area (Å²) in [5, 5.41) is 2.97. The Morgan fingerprint density at radius 3 is 2.61 bits per heavy atom. The number of anilines is 1. The van der Waals surface area contributed by atoms with Gasteiger partial charge in [-0.3, -0.25) is 9.78 Å². The van der Waals surface area contributed by atoms with Gasteiger partial charge in [0.25, 0.3) is 5.91 Å². The van der Waals surface area contributed by atoms with Crippen LogP contribution >= 0.6 is 0 Å². The maximum atomic E-state index is 12.4. The molecule has 23 heavy (non-hydrogen) atoms. The minimum atomic E-state index is -0.0723. The van der Waals surface area contributed by atoms with Gasteiger partial charge in [-0.25, -0.2) is 0 Å². The highest BCUT2D eigenvalue weighted by Gasteiger charge is 2.13. The van der Waals surface area contributed by atoms with Gasteiger partial charge in [-0.2, -0.15) is 0 Å². The molecule has 2 heterocycles. The first-order valence-electron chi connectivity index (χ1n) is 8.26. The molecule has 2 aromatic rings. The molecule has 0 radical (unpaired) electrons. The lowest BCUT2D eigenvalue weighted by Gasteiger charge is -2.28. The predicted octanol–water partition coefficient (Wildman–Crippen LogP) is 3.31. The van der Waals surface area contributed by atoms with Crippen LogP contribution in [0.15, 0.2) is 42.7 Å². The number of amides is 1. The Hall–Kier alpha value is -2.36. The molecule has 4 nitrogen and oxygen atoms in total. The van der Waals surface area contributed by atoms with Crippen LogP contribution in [0.25, 0.3) is 0 Å². The molecule has 0 saturated carbocycles. The molecule has 3 rings (SSSR count). The van der Waals surface area contributed by atoms with Crippen molar-refractivity contribution >= 4 is 11.6 Å². The topological polar surface area (TPSA) is 45.2 Å². The average molecular weight is 309 g/mol. The summed E-state index contributed by atoms with van der Waals surface area (Å²) in [6.07, 6.45) is 7.20. The van der Waals surface area contributed by atoms with Crippen LogP contribution in [-0.4, -0.2) is 24.0 Å². The SMILES string of the molecule is Cc1ccc(CNC(=O)c2cncc(N3CCCCC3)c2)cc1. The minimum absolute atomic E-state index is 0.0723. The molecule has 0 aliphatic carbocycles. The number of benzene rings is 1. The van der Waals surface area contributed by atoms with Crippen LogP contribution in [0.5, 0.6) is 0 Å². The van der Waals surface area contributed by atoms with Crippen LogP contribution in [0.2, 0.25) is 0 Å². The van der Waals surface area contributed by atoms with E-state index in [4.69, 9.17) is 0 Å². The van der Waals surface area contributed by atoms with Crippen molar-refractivity contribution in [3.05, 3.63) is 59.4 Å². The largest absolute Gasteiger partial charge is 0.370 e. The van der Waals surface area contributed by atoms with Crippen LogP contribution in [0.1, 0.15) is 40.7 Å². The summed E-state index contributed by atoms with van der Waals surface area (Å²) >= 11 is 0. The Morgan fingerprint density at radius 2 is 1.87 bits per heavy atom. The summed E-state index contributed by atoms with van der Waals surface area (Å²) in [7, 11) is 0. The lowest BCUT2D eigenvalue weighted by Crippen LogP contribution is -2.30. The summed E-state index contributed by atoms with van der Waals surface area (Å²) < 4.78 is 0. The van der Waals surface area contributed by atoms with E-state index >= 15 is 0 Å². The number of pyridine rings is 1. The number of rotatable bonds is 4. The van der Waals surface area contributed by atoms with Crippen molar-refractivity contribution in [1.29, 1.82) is 0 Å². The molecule has 1 aliphatic heterocycles. The molecule has 0 atom stereocenters. The van der Waals surface area contributed by atoms with Crippen LogP contribution in [-0.2, 0) is 6.54 Å². The van der Waals surface area contributed by atoms with Crippen LogP contribution < -0.4 is 10.2 Å². The number of hydrogen-bond acceptors (Lipinski definition) is 3. The van der Waals surface area contributed by atoms with Gasteiger partial charge in [-0.1, -0.05) is 29.8 Å². The average Bonchev–Trinajstić information content (AvgIpc) is 2.62. The quantitative estimate of drug-likeness (QED) is 0.942. The highest BCUT2D eigenvalue weighted by Crippen LogP contribution is 2.19. The van der Waals surface area contributed by atoms with Gasteiger partial charge in [-0.15, -0.1) is 0 Å². The van der Waals surface area contributed by atoms with Crippen molar-refractivity contribution in [2.24, 2.45) is 0 Å². The zero-order chi connectivity index (χ0) is 16.1. The van der Waals surface area contributed by atoms with Gasteiger partial charge in [0, 0.05) is 25.8 Å². The third kappa shape index (κ3) is 4.09. The van der Waals surface area contributed by atoms with E-state index in [1.807, 2.05) is 24.4 Å². The lowest BCUT2D eigenvalue weighted by molar-refractivity contribution is 0.0950. The maximum absolute atomic E-state index is 12.4. The number of piperidine rings is 1. The summed E-state index contributed by atoms with van der Waals surface area (Å²) in [6, 6.07) is 10.1. The number of hydrogen-bond donors (Lipinski definition) is 1. The minimum Gasteiger partial charge on any atom is -0.370 e. The van der Waals surface area contributed by atoms with Gasteiger partial charge >= 0.3 is 0 Å². The predicted molar refractivity (Wildman–Crippen MR) is 92.7 cm³/mol. The van der Waals surface area contributed by atoms with Gasteiger partial charge < -0.3 is 10.2 Å². The highest BCUT2D eigenvalue weighted by atomic mass is 16.1. The fraction of sp³-hybridized carbons (Fsp3) is 0.368. The number of nitrogens with zero attached hydrogens (tertiary/aromatic N) is 2.